The second kappa shape index (κ2) is 8.84. The van der Waals surface area contributed by atoms with Crippen molar-refractivity contribution in [3.05, 3.63) is 82.9 Å². The van der Waals surface area contributed by atoms with Gasteiger partial charge in [0, 0.05) is 26.2 Å². The molecule has 2 atom stereocenters. The van der Waals surface area contributed by atoms with Crippen molar-refractivity contribution in [3.8, 4) is 0 Å². The minimum Gasteiger partial charge on any atom is -0.392 e. The first-order valence-electron chi connectivity index (χ1n) is 11.3. The van der Waals surface area contributed by atoms with Crippen molar-refractivity contribution in [2.45, 2.75) is 51.5 Å². The number of aromatic nitrogens is 3. The number of benzene rings is 2. The Morgan fingerprint density at radius 3 is 2.66 bits per heavy atom. The van der Waals surface area contributed by atoms with Crippen LogP contribution in [0.3, 0.4) is 0 Å². The maximum absolute atomic E-state index is 12.9. The summed E-state index contributed by atoms with van der Waals surface area (Å²) in [6.45, 7) is 5.25. The summed E-state index contributed by atoms with van der Waals surface area (Å²) in [6, 6.07) is 18.4. The highest BCUT2D eigenvalue weighted by Gasteiger charge is 2.37. The smallest absolute Gasteiger partial charge is 0.227 e. The molecule has 1 aromatic heterocycles. The van der Waals surface area contributed by atoms with Crippen LogP contribution >= 0.6 is 0 Å². The number of carbonyl (C=O) groups excluding carboxylic acids is 1. The number of hydrogen-bond acceptors (Lipinski definition) is 5. The molecule has 7 nitrogen and oxygen atoms in total. The fourth-order valence-corrected chi connectivity index (χ4v) is 4.86. The van der Waals surface area contributed by atoms with Crippen molar-refractivity contribution < 1.29 is 9.90 Å². The first-order chi connectivity index (χ1) is 15.6. The van der Waals surface area contributed by atoms with E-state index in [-0.39, 0.29) is 18.1 Å². The van der Waals surface area contributed by atoms with Crippen LogP contribution in [-0.4, -0.2) is 54.8 Å². The van der Waals surface area contributed by atoms with Gasteiger partial charge in [-0.3, -0.25) is 9.69 Å². The van der Waals surface area contributed by atoms with Crippen molar-refractivity contribution in [1.29, 1.82) is 0 Å². The standard InChI is InChI=1S/C25H29N5O2/c1-18-7-5-6-10-20(18)13-24(32)28-11-12-30-23(17-28)26-27-25(30)22-14-21(31)16-29(22)15-19-8-3-2-4-9-19/h2-10,21-22,31H,11-17H2,1H3/t21-,22-/m0/s1. The monoisotopic (exact) mass is 431 g/mol. The molecule has 3 heterocycles. The van der Waals surface area contributed by atoms with E-state index in [4.69, 9.17) is 0 Å². The zero-order valence-electron chi connectivity index (χ0n) is 18.4. The normalized spacial score (nSPS) is 21.0. The van der Waals surface area contributed by atoms with E-state index in [0.29, 0.717) is 39.0 Å². The van der Waals surface area contributed by atoms with Gasteiger partial charge in [-0.1, -0.05) is 54.6 Å². The highest BCUT2D eigenvalue weighted by atomic mass is 16.3. The third kappa shape index (κ3) is 4.18. The average molecular weight is 432 g/mol. The number of rotatable bonds is 5. The van der Waals surface area contributed by atoms with Gasteiger partial charge in [0.05, 0.1) is 25.1 Å². The lowest BCUT2D eigenvalue weighted by atomic mass is 10.1. The molecule has 0 bridgehead atoms. The predicted molar refractivity (Wildman–Crippen MR) is 121 cm³/mol. The molecule has 1 amide bonds. The fourth-order valence-electron chi connectivity index (χ4n) is 4.86. The molecule has 7 heteroatoms. The van der Waals surface area contributed by atoms with Crippen LogP contribution in [0, 0.1) is 6.92 Å². The highest BCUT2D eigenvalue weighted by molar-refractivity contribution is 5.79. The zero-order valence-corrected chi connectivity index (χ0v) is 18.4. The summed E-state index contributed by atoms with van der Waals surface area (Å²) < 4.78 is 2.15. The Kier molecular flexibility index (Phi) is 5.76. The van der Waals surface area contributed by atoms with E-state index < -0.39 is 0 Å². The zero-order chi connectivity index (χ0) is 22.1. The molecule has 1 N–H and O–H groups in total. The molecule has 0 spiro atoms. The van der Waals surface area contributed by atoms with Crippen LogP contribution in [0.2, 0.25) is 0 Å². The molecule has 2 aliphatic rings. The van der Waals surface area contributed by atoms with Crippen molar-refractivity contribution >= 4 is 5.91 Å². The molecule has 1 fully saturated rings. The molecule has 0 radical (unpaired) electrons. The minimum absolute atomic E-state index is 0.0284. The van der Waals surface area contributed by atoms with Crippen LogP contribution in [0.15, 0.2) is 54.6 Å². The van der Waals surface area contributed by atoms with E-state index in [2.05, 4.69) is 31.8 Å². The Balaban J connectivity index is 1.30. The van der Waals surface area contributed by atoms with Crippen LogP contribution in [0.5, 0.6) is 0 Å². The summed E-state index contributed by atoms with van der Waals surface area (Å²) in [5.74, 6) is 1.85. The van der Waals surface area contributed by atoms with Gasteiger partial charge in [-0.25, -0.2) is 0 Å². The van der Waals surface area contributed by atoms with Gasteiger partial charge in [-0.2, -0.15) is 0 Å². The number of likely N-dealkylation sites (tertiary alicyclic amines) is 1. The minimum atomic E-state index is -0.368. The van der Waals surface area contributed by atoms with Crippen LogP contribution in [0.4, 0.5) is 0 Å². The summed E-state index contributed by atoms with van der Waals surface area (Å²) in [5.41, 5.74) is 3.43. The van der Waals surface area contributed by atoms with Crippen molar-refractivity contribution in [2.24, 2.45) is 0 Å². The third-order valence-corrected chi connectivity index (χ3v) is 6.65. The average Bonchev–Trinajstić information content (AvgIpc) is 3.38. The Hall–Kier alpha value is -3.03. The summed E-state index contributed by atoms with van der Waals surface area (Å²) in [7, 11) is 0. The summed E-state index contributed by atoms with van der Waals surface area (Å²) >= 11 is 0. The van der Waals surface area contributed by atoms with E-state index in [1.54, 1.807) is 0 Å². The number of carbonyl (C=O) groups is 1. The lowest BCUT2D eigenvalue weighted by Gasteiger charge is -2.30. The van der Waals surface area contributed by atoms with Crippen molar-refractivity contribution in [3.63, 3.8) is 0 Å². The summed E-state index contributed by atoms with van der Waals surface area (Å²) in [6.07, 6.45) is 0.696. The third-order valence-electron chi connectivity index (χ3n) is 6.65. The highest BCUT2D eigenvalue weighted by Crippen LogP contribution is 2.33. The number of aliphatic hydroxyl groups excluding tert-OH is 1. The second-order valence-corrected chi connectivity index (χ2v) is 8.86. The van der Waals surface area contributed by atoms with E-state index in [0.717, 1.165) is 29.3 Å². The quantitative estimate of drug-likeness (QED) is 0.672. The van der Waals surface area contributed by atoms with Gasteiger partial charge in [-0.05, 0) is 30.0 Å². The van der Waals surface area contributed by atoms with Crippen molar-refractivity contribution in [2.75, 3.05) is 13.1 Å². The molecular weight excluding hydrogens is 402 g/mol. The number of β-amino-alcohol motifs (C(OH)–C–C–N with tert-alkyl or cyclic N) is 1. The van der Waals surface area contributed by atoms with E-state index in [1.807, 2.05) is 54.3 Å². The van der Waals surface area contributed by atoms with Gasteiger partial charge < -0.3 is 14.6 Å². The first-order valence-corrected chi connectivity index (χ1v) is 11.3. The SMILES string of the molecule is Cc1ccccc1CC(=O)N1CCn2c(nnc2[C@@H]2C[C@H](O)CN2Cc2ccccc2)C1. The number of aryl methyl sites for hydroxylation is 1. The second-order valence-electron chi connectivity index (χ2n) is 8.86. The van der Waals surface area contributed by atoms with E-state index in [1.165, 1.54) is 5.56 Å². The van der Waals surface area contributed by atoms with Crippen molar-refractivity contribution in [1.82, 2.24) is 24.6 Å². The number of aliphatic hydroxyl groups is 1. The largest absolute Gasteiger partial charge is 0.392 e. The van der Waals surface area contributed by atoms with Gasteiger partial charge in [0.25, 0.3) is 0 Å². The van der Waals surface area contributed by atoms with E-state index >= 15 is 0 Å². The molecule has 0 aliphatic carbocycles. The first kappa shape index (κ1) is 20.8. The molecule has 3 aromatic rings. The lowest BCUT2D eigenvalue weighted by molar-refractivity contribution is -0.132. The Morgan fingerprint density at radius 2 is 1.84 bits per heavy atom. The Labute approximate surface area is 188 Å². The summed E-state index contributed by atoms with van der Waals surface area (Å²) in [5, 5.41) is 19.3. The predicted octanol–water partition coefficient (Wildman–Crippen LogP) is 2.48. The molecule has 0 saturated carbocycles. The van der Waals surface area contributed by atoms with Gasteiger partial charge in [-0.15, -0.1) is 10.2 Å². The maximum Gasteiger partial charge on any atom is 0.227 e. The Morgan fingerprint density at radius 1 is 1.06 bits per heavy atom. The molecule has 2 aliphatic heterocycles. The van der Waals surface area contributed by atoms with Gasteiger partial charge in [0.2, 0.25) is 5.91 Å². The Bertz CT molecular complexity index is 1100. The number of hydrogen-bond donors (Lipinski definition) is 1. The van der Waals surface area contributed by atoms with Gasteiger partial charge in [0.15, 0.2) is 11.6 Å². The van der Waals surface area contributed by atoms with E-state index in [9.17, 15) is 9.90 Å². The van der Waals surface area contributed by atoms with Gasteiger partial charge in [0.1, 0.15) is 0 Å². The molecule has 166 valence electrons. The number of amides is 1. The maximum atomic E-state index is 12.9. The fraction of sp³-hybridized carbons (Fsp3) is 0.400. The topological polar surface area (TPSA) is 74.5 Å². The molecule has 5 rings (SSSR count). The van der Waals surface area contributed by atoms with Gasteiger partial charge >= 0.3 is 0 Å². The van der Waals surface area contributed by atoms with Crippen LogP contribution in [0.1, 0.15) is 40.8 Å². The number of nitrogens with zero attached hydrogens (tertiary/aromatic N) is 5. The lowest BCUT2D eigenvalue weighted by Crippen LogP contribution is -2.40. The molecule has 0 unspecified atom stereocenters. The van der Waals surface area contributed by atoms with Crippen LogP contribution in [0.25, 0.3) is 0 Å². The van der Waals surface area contributed by atoms with Crippen LogP contribution < -0.4 is 0 Å². The summed E-state index contributed by atoms with van der Waals surface area (Å²) in [4.78, 5) is 17.1. The molecule has 32 heavy (non-hydrogen) atoms. The van der Waals surface area contributed by atoms with Crippen LogP contribution in [-0.2, 0) is 30.8 Å². The number of fused-ring (bicyclic) bond motifs is 1. The molecular formula is C25H29N5O2. The molecule has 1 saturated heterocycles. The molecule has 2 aromatic carbocycles.